The number of fused-ring (bicyclic) bond motifs is 1. The molecule has 1 N–H and O–H groups in total. The molecule has 1 fully saturated rings. The van der Waals surface area contributed by atoms with Crippen molar-refractivity contribution in [3.05, 3.63) is 58.1 Å². The topological polar surface area (TPSA) is 75.7 Å². The minimum Gasteiger partial charge on any atom is -0.376 e. The molecule has 1 saturated heterocycles. The zero-order valence-corrected chi connectivity index (χ0v) is 18.3. The number of nitrogens with zero attached hydrogens (tertiary/aromatic N) is 1. The Morgan fingerprint density at radius 3 is 2.69 bits per heavy atom. The number of ether oxygens (including phenoxy) is 1. The predicted octanol–water partition coefficient (Wildman–Crippen LogP) is 3.50. The van der Waals surface area contributed by atoms with Crippen molar-refractivity contribution in [3.8, 4) is 0 Å². The van der Waals surface area contributed by atoms with Crippen LogP contribution in [0.1, 0.15) is 35.2 Å². The Hall–Kier alpha value is -1.90. The minimum atomic E-state index is -3.65. The summed E-state index contributed by atoms with van der Waals surface area (Å²) in [5, 5.41) is 2.92. The van der Waals surface area contributed by atoms with Gasteiger partial charge >= 0.3 is 0 Å². The summed E-state index contributed by atoms with van der Waals surface area (Å²) in [6.45, 7) is 1.68. The first-order valence-electron chi connectivity index (χ1n) is 9.76. The number of hydrogen-bond donors (Lipinski definition) is 1. The van der Waals surface area contributed by atoms with E-state index in [4.69, 9.17) is 4.74 Å². The van der Waals surface area contributed by atoms with Crippen LogP contribution in [-0.4, -0.2) is 40.1 Å². The number of sulfonamides is 1. The van der Waals surface area contributed by atoms with E-state index in [2.05, 4.69) is 21.2 Å². The van der Waals surface area contributed by atoms with Crippen LogP contribution in [0.3, 0.4) is 0 Å². The molecule has 29 heavy (non-hydrogen) atoms. The van der Waals surface area contributed by atoms with Crippen LogP contribution in [0.4, 0.5) is 5.69 Å². The van der Waals surface area contributed by atoms with Gasteiger partial charge in [0.2, 0.25) is 0 Å². The van der Waals surface area contributed by atoms with Gasteiger partial charge in [-0.1, -0.05) is 15.9 Å². The van der Waals surface area contributed by atoms with Crippen molar-refractivity contribution in [2.75, 3.05) is 24.0 Å². The van der Waals surface area contributed by atoms with Gasteiger partial charge in [-0.05, 0) is 73.7 Å². The van der Waals surface area contributed by atoms with Gasteiger partial charge in [-0.3, -0.25) is 9.10 Å². The van der Waals surface area contributed by atoms with E-state index in [1.807, 2.05) is 6.07 Å². The zero-order chi connectivity index (χ0) is 20.4. The number of rotatable bonds is 5. The van der Waals surface area contributed by atoms with E-state index in [1.54, 1.807) is 36.4 Å². The molecule has 1 unspecified atom stereocenters. The highest BCUT2D eigenvalue weighted by Crippen LogP contribution is 2.33. The molecule has 0 saturated carbocycles. The lowest BCUT2D eigenvalue weighted by Crippen LogP contribution is -2.36. The number of carbonyl (C=O) groups is 1. The smallest absolute Gasteiger partial charge is 0.264 e. The number of hydrogen-bond acceptors (Lipinski definition) is 4. The van der Waals surface area contributed by atoms with Crippen LogP contribution in [-0.2, 0) is 21.2 Å². The molecule has 1 atom stereocenters. The number of carbonyl (C=O) groups excluding carboxylic acids is 1. The first-order valence-corrected chi connectivity index (χ1v) is 12.0. The standard InChI is InChI=1S/C21H23BrN2O4S/c22-17-6-8-19(9-7-17)29(26,27)24-11-1-3-15-13-16(5-10-20(15)24)21(25)23-14-18-4-2-12-28-18/h5-10,13,18H,1-4,11-12,14H2,(H,23,25). The van der Waals surface area contributed by atoms with Crippen molar-refractivity contribution in [1.29, 1.82) is 0 Å². The molecule has 0 spiro atoms. The van der Waals surface area contributed by atoms with Crippen molar-refractivity contribution in [2.45, 2.75) is 36.7 Å². The van der Waals surface area contributed by atoms with Crippen molar-refractivity contribution < 1.29 is 17.9 Å². The van der Waals surface area contributed by atoms with E-state index in [1.165, 1.54) is 4.31 Å². The third kappa shape index (κ3) is 4.34. The molecule has 2 aliphatic heterocycles. The summed E-state index contributed by atoms with van der Waals surface area (Å²) in [6.07, 6.45) is 3.54. The van der Waals surface area contributed by atoms with Gasteiger partial charge in [0.05, 0.1) is 16.7 Å². The maximum absolute atomic E-state index is 13.1. The molecular formula is C21H23BrN2O4S. The molecule has 1 amide bonds. The average molecular weight is 479 g/mol. The summed E-state index contributed by atoms with van der Waals surface area (Å²) >= 11 is 3.34. The molecule has 0 aromatic heterocycles. The Kier molecular flexibility index (Phi) is 5.94. The number of halogens is 1. The highest BCUT2D eigenvalue weighted by molar-refractivity contribution is 9.10. The summed E-state index contributed by atoms with van der Waals surface area (Å²) in [5.41, 5.74) is 2.07. The monoisotopic (exact) mass is 478 g/mol. The van der Waals surface area contributed by atoms with Crippen LogP contribution < -0.4 is 9.62 Å². The number of aryl methyl sites for hydroxylation is 1. The largest absolute Gasteiger partial charge is 0.376 e. The lowest BCUT2D eigenvalue weighted by molar-refractivity contribution is 0.0857. The van der Waals surface area contributed by atoms with Gasteiger partial charge in [0.1, 0.15) is 0 Å². The number of amides is 1. The van der Waals surface area contributed by atoms with Crippen LogP contribution in [0.25, 0.3) is 0 Å². The van der Waals surface area contributed by atoms with Gasteiger partial charge in [0.15, 0.2) is 0 Å². The predicted molar refractivity (Wildman–Crippen MR) is 115 cm³/mol. The van der Waals surface area contributed by atoms with Gasteiger partial charge in [0, 0.05) is 29.7 Å². The van der Waals surface area contributed by atoms with Crippen molar-refractivity contribution in [3.63, 3.8) is 0 Å². The number of nitrogens with one attached hydrogen (secondary N) is 1. The molecule has 154 valence electrons. The van der Waals surface area contributed by atoms with E-state index in [-0.39, 0.29) is 16.9 Å². The van der Waals surface area contributed by atoms with Crippen molar-refractivity contribution in [1.82, 2.24) is 5.32 Å². The van der Waals surface area contributed by atoms with Gasteiger partial charge in [-0.2, -0.15) is 0 Å². The molecule has 2 aromatic carbocycles. The zero-order valence-electron chi connectivity index (χ0n) is 15.9. The summed E-state index contributed by atoms with van der Waals surface area (Å²) in [7, 11) is -3.65. The van der Waals surface area contributed by atoms with Crippen LogP contribution in [0, 0.1) is 0 Å². The molecule has 2 heterocycles. The lowest BCUT2D eigenvalue weighted by atomic mass is 10.0. The summed E-state index contributed by atoms with van der Waals surface area (Å²) in [6, 6.07) is 11.9. The molecule has 2 aliphatic rings. The molecule has 4 rings (SSSR count). The second kappa shape index (κ2) is 8.45. The Morgan fingerprint density at radius 2 is 1.97 bits per heavy atom. The van der Waals surface area contributed by atoms with Gasteiger partial charge in [-0.25, -0.2) is 8.42 Å². The third-order valence-electron chi connectivity index (χ3n) is 5.33. The highest BCUT2D eigenvalue weighted by atomic mass is 79.9. The van der Waals surface area contributed by atoms with Gasteiger partial charge in [0.25, 0.3) is 15.9 Å². The number of anilines is 1. The molecule has 0 bridgehead atoms. The summed E-state index contributed by atoms with van der Waals surface area (Å²) < 4.78 is 34.1. The summed E-state index contributed by atoms with van der Waals surface area (Å²) in [4.78, 5) is 12.8. The Labute approximate surface area is 179 Å². The maximum Gasteiger partial charge on any atom is 0.264 e. The molecule has 0 radical (unpaired) electrons. The molecule has 0 aliphatic carbocycles. The Balaban J connectivity index is 1.55. The SMILES string of the molecule is O=C(NCC1CCCO1)c1ccc2c(c1)CCCN2S(=O)(=O)c1ccc(Br)cc1. The fourth-order valence-electron chi connectivity index (χ4n) is 3.80. The van der Waals surface area contributed by atoms with Crippen LogP contribution in [0.5, 0.6) is 0 Å². The molecular weight excluding hydrogens is 456 g/mol. The van der Waals surface area contributed by atoms with Gasteiger partial charge < -0.3 is 10.1 Å². The fourth-order valence-corrected chi connectivity index (χ4v) is 5.61. The summed E-state index contributed by atoms with van der Waals surface area (Å²) in [5.74, 6) is -0.156. The van der Waals surface area contributed by atoms with Crippen molar-refractivity contribution >= 4 is 37.5 Å². The van der Waals surface area contributed by atoms with E-state index in [9.17, 15) is 13.2 Å². The second-order valence-corrected chi connectivity index (χ2v) is 10.1. The third-order valence-corrected chi connectivity index (χ3v) is 7.69. The Bertz CT molecular complexity index is 1000. The average Bonchev–Trinajstić information content (AvgIpc) is 3.25. The first kappa shape index (κ1) is 20.4. The van der Waals surface area contributed by atoms with E-state index in [0.717, 1.165) is 35.9 Å². The molecule has 2 aromatic rings. The van der Waals surface area contributed by atoms with Gasteiger partial charge in [-0.15, -0.1) is 0 Å². The normalized spacial score (nSPS) is 19.1. The van der Waals surface area contributed by atoms with Crippen LogP contribution >= 0.6 is 15.9 Å². The maximum atomic E-state index is 13.1. The first-order chi connectivity index (χ1) is 13.9. The van der Waals surface area contributed by atoms with E-state index in [0.29, 0.717) is 30.8 Å². The van der Waals surface area contributed by atoms with Crippen LogP contribution in [0.2, 0.25) is 0 Å². The molecule has 6 nitrogen and oxygen atoms in total. The minimum absolute atomic E-state index is 0.0862. The molecule has 8 heteroatoms. The van der Waals surface area contributed by atoms with Crippen LogP contribution in [0.15, 0.2) is 51.8 Å². The quantitative estimate of drug-likeness (QED) is 0.713. The highest BCUT2D eigenvalue weighted by Gasteiger charge is 2.29. The lowest BCUT2D eigenvalue weighted by Gasteiger charge is -2.30. The van der Waals surface area contributed by atoms with Crippen molar-refractivity contribution in [2.24, 2.45) is 0 Å². The number of benzene rings is 2. The second-order valence-electron chi connectivity index (χ2n) is 7.32. The Morgan fingerprint density at radius 1 is 1.17 bits per heavy atom. The fraction of sp³-hybridized carbons (Fsp3) is 0.381. The van der Waals surface area contributed by atoms with E-state index < -0.39 is 10.0 Å². The van der Waals surface area contributed by atoms with E-state index >= 15 is 0 Å².